The number of morpholine rings is 1. The van der Waals surface area contributed by atoms with Crippen molar-refractivity contribution in [3.05, 3.63) is 24.3 Å². The van der Waals surface area contributed by atoms with Crippen LogP contribution in [0.25, 0.3) is 0 Å². The van der Waals surface area contributed by atoms with Gasteiger partial charge in [-0.05, 0) is 45.2 Å². The first kappa shape index (κ1) is 17.2. The topological polar surface area (TPSA) is 67.6 Å². The lowest BCUT2D eigenvalue weighted by Gasteiger charge is -2.37. The smallest absolute Gasteiger partial charge is 0.227 e. The lowest BCUT2D eigenvalue weighted by molar-refractivity contribution is -0.120. The molecule has 2 fully saturated rings. The van der Waals surface area contributed by atoms with E-state index < -0.39 is 0 Å². The number of amides is 1. The van der Waals surface area contributed by atoms with E-state index >= 15 is 0 Å². The second kappa shape index (κ2) is 7.53. The van der Waals surface area contributed by atoms with E-state index in [0.29, 0.717) is 0 Å². The molecular formula is C19H29N3O2. The Hall–Kier alpha value is -1.59. The summed E-state index contributed by atoms with van der Waals surface area (Å²) in [5.41, 5.74) is 8.00. The maximum absolute atomic E-state index is 12.7. The Kier molecular flexibility index (Phi) is 5.41. The minimum atomic E-state index is 0.0318. The van der Waals surface area contributed by atoms with Crippen LogP contribution < -0.4 is 16.0 Å². The van der Waals surface area contributed by atoms with E-state index in [0.717, 1.165) is 50.1 Å². The van der Waals surface area contributed by atoms with Crippen LogP contribution in [0.15, 0.2) is 24.3 Å². The highest BCUT2D eigenvalue weighted by Crippen LogP contribution is 2.30. The number of benzene rings is 1. The number of carbonyl (C=O) groups excluding carboxylic acids is 1. The van der Waals surface area contributed by atoms with Gasteiger partial charge in [0.25, 0.3) is 0 Å². The van der Waals surface area contributed by atoms with Gasteiger partial charge < -0.3 is 20.7 Å². The second-order valence-electron chi connectivity index (χ2n) is 7.29. The van der Waals surface area contributed by atoms with Gasteiger partial charge in [-0.15, -0.1) is 0 Å². The quantitative estimate of drug-likeness (QED) is 0.894. The molecule has 24 heavy (non-hydrogen) atoms. The number of carbonyl (C=O) groups is 1. The first-order valence-corrected chi connectivity index (χ1v) is 9.09. The molecule has 1 saturated carbocycles. The Morgan fingerprint density at radius 3 is 2.62 bits per heavy atom. The maximum Gasteiger partial charge on any atom is 0.227 e. The molecule has 132 valence electrons. The minimum absolute atomic E-state index is 0.0318. The predicted molar refractivity (Wildman–Crippen MR) is 97.2 cm³/mol. The molecule has 1 saturated heterocycles. The van der Waals surface area contributed by atoms with Crippen LogP contribution in [0, 0.1) is 5.92 Å². The Morgan fingerprint density at radius 2 is 1.92 bits per heavy atom. The lowest BCUT2D eigenvalue weighted by Crippen LogP contribution is -2.45. The van der Waals surface area contributed by atoms with E-state index in [2.05, 4.69) is 30.1 Å². The number of para-hydroxylation sites is 2. The number of hydrogen-bond donors (Lipinski definition) is 2. The summed E-state index contributed by atoms with van der Waals surface area (Å²) in [6, 6.07) is 8.21. The number of hydrogen-bond acceptors (Lipinski definition) is 4. The van der Waals surface area contributed by atoms with Crippen molar-refractivity contribution in [2.24, 2.45) is 11.7 Å². The Bertz CT molecular complexity index is 567. The molecule has 5 heteroatoms. The minimum Gasteiger partial charge on any atom is -0.372 e. The summed E-state index contributed by atoms with van der Waals surface area (Å²) in [6.45, 7) is 5.86. The second-order valence-corrected chi connectivity index (χ2v) is 7.29. The molecule has 1 amide bonds. The van der Waals surface area contributed by atoms with Crippen molar-refractivity contribution < 1.29 is 9.53 Å². The third kappa shape index (κ3) is 4.08. The number of nitrogens with zero attached hydrogens (tertiary/aromatic N) is 1. The van der Waals surface area contributed by atoms with Gasteiger partial charge in [-0.2, -0.15) is 0 Å². The zero-order valence-electron chi connectivity index (χ0n) is 14.7. The zero-order valence-corrected chi connectivity index (χ0v) is 14.7. The van der Waals surface area contributed by atoms with Gasteiger partial charge in [0.2, 0.25) is 5.91 Å². The molecular weight excluding hydrogens is 302 g/mol. The number of nitrogens with one attached hydrogen (secondary N) is 1. The van der Waals surface area contributed by atoms with Gasteiger partial charge in [-0.25, -0.2) is 0 Å². The van der Waals surface area contributed by atoms with Crippen molar-refractivity contribution in [1.82, 2.24) is 0 Å². The van der Waals surface area contributed by atoms with Crippen LogP contribution in [-0.2, 0) is 9.53 Å². The summed E-state index contributed by atoms with van der Waals surface area (Å²) in [4.78, 5) is 15.0. The van der Waals surface area contributed by atoms with E-state index in [4.69, 9.17) is 10.5 Å². The number of nitrogens with two attached hydrogens (primary N) is 1. The van der Waals surface area contributed by atoms with E-state index in [-0.39, 0.29) is 30.1 Å². The van der Waals surface area contributed by atoms with Crippen LogP contribution in [0.5, 0.6) is 0 Å². The summed E-state index contributed by atoms with van der Waals surface area (Å²) in [5, 5.41) is 3.15. The molecule has 5 nitrogen and oxygen atoms in total. The fraction of sp³-hybridized carbons (Fsp3) is 0.632. The Morgan fingerprint density at radius 1 is 1.21 bits per heavy atom. The molecule has 0 bridgehead atoms. The van der Waals surface area contributed by atoms with Crippen molar-refractivity contribution in [3.63, 3.8) is 0 Å². The van der Waals surface area contributed by atoms with Gasteiger partial charge in [0.1, 0.15) is 0 Å². The van der Waals surface area contributed by atoms with Crippen LogP contribution in [0.4, 0.5) is 11.4 Å². The number of anilines is 2. The molecule has 4 unspecified atom stereocenters. The molecule has 2 aliphatic rings. The SMILES string of the molecule is CC1CN(c2ccccc2NC(=O)C2CCCC(N)C2)CC(C)O1. The van der Waals surface area contributed by atoms with E-state index in [9.17, 15) is 4.79 Å². The molecule has 1 heterocycles. The summed E-state index contributed by atoms with van der Waals surface area (Å²) in [5.74, 6) is 0.135. The van der Waals surface area contributed by atoms with Gasteiger partial charge in [0.05, 0.1) is 23.6 Å². The molecule has 1 aliphatic carbocycles. The molecule has 0 spiro atoms. The third-order valence-corrected chi connectivity index (χ3v) is 5.01. The van der Waals surface area contributed by atoms with Crippen molar-refractivity contribution in [2.45, 2.75) is 57.8 Å². The van der Waals surface area contributed by atoms with Gasteiger partial charge in [0.15, 0.2) is 0 Å². The summed E-state index contributed by atoms with van der Waals surface area (Å²) in [7, 11) is 0. The van der Waals surface area contributed by atoms with Crippen LogP contribution >= 0.6 is 0 Å². The molecule has 3 rings (SSSR count). The molecule has 1 aliphatic heterocycles. The average molecular weight is 331 g/mol. The first-order chi connectivity index (χ1) is 11.5. The molecule has 0 aromatic heterocycles. The van der Waals surface area contributed by atoms with Crippen molar-refractivity contribution in [1.29, 1.82) is 0 Å². The molecule has 1 aromatic rings. The highest BCUT2D eigenvalue weighted by atomic mass is 16.5. The number of ether oxygens (including phenoxy) is 1. The van der Waals surface area contributed by atoms with Crippen LogP contribution in [0.3, 0.4) is 0 Å². The standard InChI is InChI=1S/C19H29N3O2/c1-13-11-22(12-14(2)24-13)18-9-4-3-8-17(18)21-19(23)15-6-5-7-16(20)10-15/h3-4,8-9,13-16H,5-7,10-12,20H2,1-2H3,(H,21,23). The normalized spacial score (nSPS) is 30.9. The van der Waals surface area contributed by atoms with Gasteiger partial charge in [0, 0.05) is 25.0 Å². The van der Waals surface area contributed by atoms with Crippen LogP contribution in [0.2, 0.25) is 0 Å². The van der Waals surface area contributed by atoms with Gasteiger partial charge >= 0.3 is 0 Å². The fourth-order valence-corrected chi connectivity index (χ4v) is 3.93. The highest BCUT2D eigenvalue weighted by Gasteiger charge is 2.27. The van der Waals surface area contributed by atoms with E-state index in [1.807, 2.05) is 18.2 Å². The summed E-state index contributed by atoms with van der Waals surface area (Å²) < 4.78 is 5.82. The van der Waals surface area contributed by atoms with Crippen molar-refractivity contribution >= 4 is 17.3 Å². The third-order valence-electron chi connectivity index (χ3n) is 5.01. The van der Waals surface area contributed by atoms with Gasteiger partial charge in [-0.3, -0.25) is 4.79 Å². The van der Waals surface area contributed by atoms with E-state index in [1.165, 1.54) is 0 Å². The van der Waals surface area contributed by atoms with Gasteiger partial charge in [-0.1, -0.05) is 18.6 Å². The van der Waals surface area contributed by atoms with Crippen LogP contribution in [-0.4, -0.2) is 37.2 Å². The highest BCUT2D eigenvalue weighted by molar-refractivity contribution is 5.96. The number of rotatable bonds is 3. The molecule has 3 N–H and O–H groups in total. The predicted octanol–water partition coefficient (Wildman–Crippen LogP) is 2.76. The first-order valence-electron chi connectivity index (χ1n) is 9.09. The molecule has 1 aromatic carbocycles. The maximum atomic E-state index is 12.7. The van der Waals surface area contributed by atoms with Crippen molar-refractivity contribution in [2.75, 3.05) is 23.3 Å². The Labute approximate surface area is 144 Å². The molecule has 4 atom stereocenters. The van der Waals surface area contributed by atoms with Crippen LogP contribution in [0.1, 0.15) is 39.5 Å². The van der Waals surface area contributed by atoms with E-state index in [1.54, 1.807) is 0 Å². The fourth-order valence-electron chi connectivity index (χ4n) is 3.93. The monoisotopic (exact) mass is 331 g/mol. The summed E-state index contributed by atoms with van der Waals surface area (Å²) in [6.07, 6.45) is 4.18. The zero-order chi connectivity index (χ0) is 17.1. The van der Waals surface area contributed by atoms with Crippen molar-refractivity contribution in [3.8, 4) is 0 Å². The lowest BCUT2D eigenvalue weighted by atomic mass is 9.85. The molecule has 0 radical (unpaired) electrons. The average Bonchev–Trinajstić information content (AvgIpc) is 2.54. The summed E-state index contributed by atoms with van der Waals surface area (Å²) >= 11 is 0. The largest absolute Gasteiger partial charge is 0.372 e. The Balaban J connectivity index is 1.73.